The van der Waals surface area contributed by atoms with Crippen molar-refractivity contribution in [3.63, 3.8) is 0 Å². The van der Waals surface area contributed by atoms with Gasteiger partial charge < -0.3 is 15.2 Å². The number of nitrogens with one attached hydrogen (secondary N) is 2. The Morgan fingerprint density at radius 2 is 2.12 bits per heavy atom. The highest BCUT2D eigenvalue weighted by Crippen LogP contribution is 2.22. The second kappa shape index (κ2) is 7.10. The fraction of sp³-hybridized carbons (Fsp3) is 0.294. The maximum atomic E-state index is 4.69. The van der Waals surface area contributed by atoms with Crippen LogP contribution in [0.3, 0.4) is 0 Å². The number of thioether (sulfide) groups is 1. The zero-order valence-electron chi connectivity index (χ0n) is 13.9. The van der Waals surface area contributed by atoms with Gasteiger partial charge >= 0.3 is 0 Å². The summed E-state index contributed by atoms with van der Waals surface area (Å²) in [5.74, 6) is 1.44. The molecule has 1 atom stereocenters. The largest absolute Gasteiger partial charge is 0.360 e. The minimum Gasteiger partial charge on any atom is -0.360 e. The van der Waals surface area contributed by atoms with E-state index in [9.17, 15) is 0 Å². The third-order valence-electron chi connectivity index (χ3n) is 4.16. The number of H-pyrrole nitrogens is 1. The lowest BCUT2D eigenvalue weighted by Gasteiger charge is -2.17. The Morgan fingerprint density at radius 3 is 2.96 bits per heavy atom. The maximum Gasteiger partial charge on any atom is 0.225 e. The molecule has 0 radical (unpaired) electrons. The van der Waals surface area contributed by atoms with Crippen LogP contribution in [0.1, 0.15) is 6.42 Å². The van der Waals surface area contributed by atoms with E-state index in [1.165, 1.54) is 0 Å². The molecule has 1 aliphatic heterocycles. The third kappa shape index (κ3) is 3.58. The lowest BCUT2D eigenvalue weighted by atomic mass is 10.3. The zero-order valence-corrected chi connectivity index (χ0v) is 14.7. The summed E-state index contributed by atoms with van der Waals surface area (Å²) in [6, 6.07) is 8.10. The summed E-state index contributed by atoms with van der Waals surface area (Å²) in [6.45, 7) is 1.75. The van der Waals surface area contributed by atoms with Crippen molar-refractivity contribution in [2.75, 3.05) is 29.6 Å². The number of aromatic amines is 1. The Kier molecular flexibility index (Phi) is 4.51. The van der Waals surface area contributed by atoms with Crippen molar-refractivity contribution in [1.82, 2.24) is 24.9 Å². The van der Waals surface area contributed by atoms with Gasteiger partial charge in [0.15, 0.2) is 0 Å². The number of aromatic nitrogens is 5. The quantitative estimate of drug-likeness (QED) is 0.539. The SMILES string of the molecule is CSc1ccnc(NC2CCN(c3nccc(-c4ccc[nH]4)n3)C2)n1. The van der Waals surface area contributed by atoms with E-state index in [1.54, 1.807) is 18.0 Å². The maximum absolute atomic E-state index is 4.69. The van der Waals surface area contributed by atoms with Crippen molar-refractivity contribution >= 4 is 23.7 Å². The lowest BCUT2D eigenvalue weighted by Crippen LogP contribution is -2.27. The number of nitrogens with zero attached hydrogens (tertiary/aromatic N) is 5. The van der Waals surface area contributed by atoms with Crippen LogP contribution < -0.4 is 10.2 Å². The van der Waals surface area contributed by atoms with Gasteiger partial charge in [0.25, 0.3) is 0 Å². The lowest BCUT2D eigenvalue weighted by molar-refractivity contribution is 0.785. The highest BCUT2D eigenvalue weighted by Gasteiger charge is 2.25. The topological polar surface area (TPSA) is 82.6 Å². The molecule has 3 aromatic rings. The van der Waals surface area contributed by atoms with Crippen LogP contribution in [0, 0.1) is 0 Å². The van der Waals surface area contributed by atoms with Crippen LogP contribution in [0.4, 0.5) is 11.9 Å². The third-order valence-corrected chi connectivity index (χ3v) is 4.81. The van der Waals surface area contributed by atoms with E-state index in [-0.39, 0.29) is 6.04 Å². The predicted octanol–water partition coefficient (Wildman–Crippen LogP) is 2.67. The molecule has 0 spiro atoms. The minimum absolute atomic E-state index is 0.287. The van der Waals surface area contributed by atoms with Gasteiger partial charge in [0.1, 0.15) is 5.03 Å². The Bertz CT molecular complexity index is 837. The Hall–Kier alpha value is -2.61. The number of anilines is 2. The van der Waals surface area contributed by atoms with E-state index < -0.39 is 0 Å². The summed E-state index contributed by atoms with van der Waals surface area (Å²) < 4.78 is 0. The minimum atomic E-state index is 0.287. The molecule has 8 heteroatoms. The standard InChI is InChI=1S/C17H19N7S/c1-25-15-5-9-19-16(23-15)21-12-6-10-24(11-12)17-20-8-4-14(22-17)13-3-2-7-18-13/h2-5,7-9,12,18H,6,10-11H2,1H3,(H,19,21,23). The normalized spacial score (nSPS) is 17.0. The van der Waals surface area contributed by atoms with E-state index in [2.05, 4.69) is 35.1 Å². The first kappa shape index (κ1) is 15.9. The van der Waals surface area contributed by atoms with Gasteiger partial charge in [-0.15, -0.1) is 11.8 Å². The van der Waals surface area contributed by atoms with Crippen LogP contribution in [0.5, 0.6) is 0 Å². The number of hydrogen-bond donors (Lipinski definition) is 2. The molecule has 0 amide bonds. The van der Waals surface area contributed by atoms with Crippen LogP contribution in [-0.4, -0.2) is 50.3 Å². The van der Waals surface area contributed by atoms with Crippen molar-refractivity contribution in [3.05, 3.63) is 42.9 Å². The van der Waals surface area contributed by atoms with Crippen molar-refractivity contribution in [3.8, 4) is 11.4 Å². The fourth-order valence-electron chi connectivity index (χ4n) is 2.91. The second-order valence-corrected chi connectivity index (χ2v) is 6.65. The van der Waals surface area contributed by atoms with Gasteiger partial charge in [-0.3, -0.25) is 0 Å². The van der Waals surface area contributed by atoms with E-state index in [1.807, 2.05) is 42.9 Å². The molecule has 0 saturated carbocycles. The zero-order chi connectivity index (χ0) is 17.1. The molecule has 1 unspecified atom stereocenters. The van der Waals surface area contributed by atoms with Gasteiger partial charge in [0.05, 0.1) is 11.4 Å². The van der Waals surface area contributed by atoms with Crippen molar-refractivity contribution < 1.29 is 0 Å². The van der Waals surface area contributed by atoms with Crippen LogP contribution in [0.2, 0.25) is 0 Å². The molecular formula is C17H19N7S. The molecule has 0 bridgehead atoms. The Balaban J connectivity index is 1.44. The number of rotatable bonds is 5. The number of hydrogen-bond acceptors (Lipinski definition) is 7. The molecule has 7 nitrogen and oxygen atoms in total. The molecule has 4 heterocycles. The summed E-state index contributed by atoms with van der Waals surface area (Å²) >= 11 is 1.61. The van der Waals surface area contributed by atoms with Gasteiger partial charge in [-0.2, -0.15) is 0 Å². The molecular weight excluding hydrogens is 334 g/mol. The fourth-order valence-corrected chi connectivity index (χ4v) is 3.28. The van der Waals surface area contributed by atoms with Crippen LogP contribution in [0.25, 0.3) is 11.4 Å². The summed E-state index contributed by atoms with van der Waals surface area (Å²) in [6.07, 6.45) is 8.51. The molecule has 4 rings (SSSR count). The molecule has 1 aliphatic rings. The van der Waals surface area contributed by atoms with Crippen molar-refractivity contribution in [2.45, 2.75) is 17.5 Å². The van der Waals surface area contributed by atoms with Crippen molar-refractivity contribution in [2.24, 2.45) is 0 Å². The monoisotopic (exact) mass is 353 g/mol. The van der Waals surface area contributed by atoms with Crippen LogP contribution >= 0.6 is 11.8 Å². The molecule has 2 N–H and O–H groups in total. The highest BCUT2D eigenvalue weighted by molar-refractivity contribution is 7.98. The Morgan fingerprint density at radius 1 is 1.20 bits per heavy atom. The average Bonchev–Trinajstić information content (AvgIpc) is 3.34. The van der Waals surface area contributed by atoms with E-state index in [0.717, 1.165) is 41.9 Å². The molecule has 25 heavy (non-hydrogen) atoms. The first-order chi connectivity index (χ1) is 12.3. The van der Waals surface area contributed by atoms with Crippen molar-refractivity contribution in [1.29, 1.82) is 0 Å². The first-order valence-corrected chi connectivity index (χ1v) is 9.39. The molecule has 128 valence electrons. The van der Waals surface area contributed by atoms with Gasteiger partial charge in [-0.1, -0.05) is 0 Å². The van der Waals surface area contributed by atoms with E-state index in [0.29, 0.717) is 5.95 Å². The van der Waals surface area contributed by atoms with Gasteiger partial charge in [0, 0.05) is 37.7 Å². The summed E-state index contributed by atoms with van der Waals surface area (Å²) in [7, 11) is 0. The molecule has 1 fully saturated rings. The summed E-state index contributed by atoms with van der Waals surface area (Å²) in [5, 5.41) is 4.39. The van der Waals surface area contributed by atoms with Gasteiger partial charge in [0.2, 0.25) is 11.9 Å². The molecule has 0 aromatic carbocycles. The van der Waals surface area contributed by atoms with Gasteiger partial charge in [-0.05, 0) is 36.9 Å². The Labute approximate surface area is 150 Å². The predicted molar refractivity (Wildman–Crippen MR) is 99.9 cm³/mol. The van der Waals surface area contributed by atoms with Crippen LogP contribution in [-0.2, 0) is 0 Å². The van der Waals surface area contributed by atoms with E-state index >= 15 is 0 Å². The summed E-state index contributed by atoms with van der Waals surface area (Å²) in [4.78, 5) is 23.3. The van der Waals surface area contributed by atoms with Crippen LogP contribution in [0.15, 0.2) is 47.9 Å². The summed E-state index contributed by atoms with van der Waals surface area (Å²) in [5.41, 5.74) is 1.90. The smallest absolute Gasteiger partial charge is 0.225 e. The van der Waals surface area contributed by atoms with Gasteiger partial charge in [-0.25, -0.2) is 19.9 Å². The molecule has 1 saturated heterocycles. The molecule has 0 aliphatic carbocycles. The highest BCUT2D eigenvalue weighted by atomic mass is 32.2. The first-order valence-electron chi connectivity index (χ1n) is 8.17. The average molecular weight is 353 g/mol. The second-order valence-electron chi connectivity index (χ2n) is 5.82. The molecule has 3 aromatic heterocycles. The van der Waals surface area contributed by atoms with E-state index in [4.69, 9.17) is 0 Å².